The standard InChI is InChI=1S/C25H26N4O4S/c1-16(23-14-20-9-5-7-11-22(20)33-23)26-24(30)15-28-18(3)25(17(2)27-28)34(31,32)29-13-12-19-8-4-6-10-21(19)29/h4-11,14,16H,12-13,15H2,1-3H3,(H,26,30)/t16-/m0/s1. The van der Waals surface area contributed by atoms with Gasteiger partial charge < -0.3 is 9.73 Å². The van der Waals surface area contributed by atoms with Crippen molar-refractivity contribution in [2.45, 2.75) is 44.7 Å². The van der Waals surface area contributed by atoms with Crippen LogP contribution in [0.2, 0.25) is 0 Å². The molecule has 1 aliphatic heterocycles. The number of hydrogen-bond acceptors (Lipinski definition) is 5. The maximum absolute atomic E-state index is 13.5. The summed E-state index contributed by atoms with van der Waals surface area (Å²) < 4.78 is 35.8. The van der Waals surface area contributed by atoms with Crippen LogP contribution in [0.4, 0.5) is 5.69 Å². The van der Waals surface area contributed by atoms with E-state index in [1.54, 1.807) is 13.8 Å². The molecular weight excluding hydrogens is 452 g/mol. The first-order valence-electron chi connectivity index (χ1n) is 11.2. The molecular formula is C25H26N4O4S. The third-order valence-electron chi connectivity index (χ3n) is 6.25. The Hall–Kier alpha value is -3.59. The van der Waals surface area contributed by atoms with Gasteiger partial charge in [0, 0.05) is 11.9 Å². The minimum atomic E-state index is -3.81. The average molecular weight is 479 g/mol. The number of aromatic nitrogens is 2. The molecule has 0 saturated carbocycles. The van der Waals surface area contributed by atoms with Crippen LogP contribution in [0.1, 0.15) is 35.7 Å². The molecule has 9 heteroatoms. The number of carbonyl (C=O) groups excluding carboxylic acids is 1. The second-order valence-corrected chi connectivity index (χ2v) is 10.4. The summed E-state index contributed by atoms with van der Waals surface area (Å²) >= 11 is 0. The average Bonchev–Trinajstić information content (AvgIpc) is 3.49. The van der Waals surface area contributed by atoms with Crippen molar-refractivity contribution in [1.29, 1.82) is 0 Å². The summed E-state index contributed by atoms with van der Waals surface area (Å²) in [7, 11) is -3.81. The maximum Gasteiger partial charge on any atom is 0.268 e. The second-order valence-electron chi connectivity index (χ2n) is 8.59. The quantitative estimate of drug-likeness (QED) is 0.454. The van der Waals surface area contributed by atoms with Gasteiger partial charge in [-0.3, -0.25) is 13.8 Å². The number of fused-ring (bicyclic) bond motifs is 2. The van der Waals surface area contributed by atoms with E-state index in [2.05, 4.69) is 10.4 Å². The van der Waals surface area contributed by atoms with E-state index in [1.165, 1.54) is 8.99 Å². The van der Waals surface area contributed by atoms with Crippen molar-refractivity contribution < 1.29 is 17.6 Å². The lowest BCUT2D eigenvalue weighted by molar-refractivity contribution is -0.122. The number of benzene rings is 2. The first-order chi connectivity index (χ1) is 16.3. The van der Waals surface area contributed by atoms with Crippen LogP contribution in [0, 0.1) is 13.8 Å². The zero-order valence-corrected chi connectivity index (χ0v) is 20.1. The molecule has 0 bridgehead atoms. The molecule has 0 aliphatic carbocycles. The summed E-state index contributed by atoms with van der Waals surface area (Å²) in [6.45, 7) is 5.49. The molecule has 0 spiro atoms. The van der Waals surface area contributed by atoms with E-state index in [9.17, 15) is 13.2 Å². The molecule has 1 aliphatic rings. The number of rotatable bonds is 6. The number of para-hydroxylation sites is 2. The van der Waals surface area contributed by atoms with Crippen molar-refractivity contribution in [3.05, 3.63) is 77.3 Å². The van der Waals surface area contributed by atoms with Gasteiger partial charge in [0.05, 0.1) is 23.1 Å². The Kier molecular flexibility index (Phi) is 5.44. The largest absolute Gasteiger partial charge is 0.459 e. The predicted molar refractivity (Wildman–Crippen MR) is 129 cm³/mol. The molecule has 2 aromatic heterocycles. The molecule has 4 aromatic rings. The lowest BCUT2D eigenvalue weighted by Gasteiger charge is -2.19. The number of amides is 1. The normalized spacial score (nSPS) is 14.4. The second kappa shape index (κ2) is 8.32. The van der Waals surface area contributed by atoms with Gasteiger partial charge >= 0.3 is 0 Å². The van der Waals surface area contributed by atoms with Gasteiger partial charge in [0.25, 0.3) is 10.0 Å². The Morgan fingerprint density at radius 1 is 1.15 bits per heavy atom. The lowest BCUT2D eigenvalue weighted by atomic mass is 10.2. The number of nitrogens with zero attached hydrogens (tertiary/aromatic N) is 3. The van der Waals surface area contributed by atoms with E-state index in [1.807, 2.05) is 61.5 Å². The number of sulfonamides is 1. The number of anilines is 1. The highest BCUT2D eigenvalue weighted by Crippen LogP contribution is 2.34. The van der Waals surface area contributed by atoms with E-state index in [0.29, 0.717) is 35.8 Å². The molecule has 3 heterocycles. The van der Waals surface area contributed by atoms with Gasteiger partial charge in [0.2, 0.25) is 5.91 Å². The van der Waals surface area contributed by atoms with Crippen LogP contribution in [0.25, 0.3) is 11.0 Å². The monoisotopic (exact) mass is 478 g/mol. The van der Waals surface area contributed by atoms with E-state index in [4.69, 9.17) is 4.42 Å². The van der Waals surface area contributed by atoms with Gasteiger partial charge in [-0.1, -0.05) is 36.4 Å². The minimum Gasteiger partial charge on any atom is -0.459 e. The van der Waals surface area contributed by atoms with E-state index < -0.39 is 10.0 Å². The number of furan rings is 1. The van der Waals surface area contributed by atoms with Crippen molar-refractivity contribution in [2.75, 3.05) is 10.8 Å². The van der Waals surface area contributed by atoms with Crippen LogP contribution in [0.15, 0.2) is 63.9 Å². The topological polar surface area (TPSA) is 97.4 Å². The molecule has 0 saturated heterocycles. The summed E-state index contributed by atoms with van der Waals surface area (Å²) in [5.74, 6) is 0.368. The molecule has 1 amide bonds. The van der Waals surface area contributed by atoms with Crippen molar-refractivity contribution >= 4 is 32.6 Å². The molecule has 0 unspecified atom stereocenters. The fourth-order valence-electron chi connectivity index (χ4n) is 4.59. The van der Waals surface area contributed by atoms with Gasteiger partial charge in [-0.05, 0) is 51.0 Å². The molecule has 2 aromatic carbocycles. The van der Waals surface area contributed by atoms with Crippen LogP contribution < -0.4 is 9.62 Å². The fourth-order valence-corrected chi connectivity index (χ4v) is 6.47. The highest BCUT2D eigenvalue weighted by molar-refractivity contribution is 7.93. The summed E-state index contributed by atoms with van der Waals surface area (Å²) in [6.07, 6.45) is 0.670. The highest BCUT2D eigenvalue weighted by atomic mass is 32.2. The number of hydrogen-bond donors (Lipinski definition) is 1. The van der Waals surface area contributed by atoms with Gasteiger partial charge in [-0.25, -0.2) is 8.42 Å². The maximum atomic E-state index is 13.5. The predicted octanol–water partition coefficient (Wildman–Crippen LogP) is 3.87. The SMILES string of the molecule is Cc1nn(CC(=O)N[C@@H](C)c2cc3ccccc3o2)c(C)c1S(=O)(=O)N1CCc2ccccc21. The molecule has 1 N–H and O–H groups in total. The van der Waals surface area contributed by atoms with Crippen LogP contribution in [0.3, 0.4) is 0 Å². The van der Waals surface area contributed by atoms with Crippen molar-refractivity contribution in [1.82, 2.24) is 15.1 Å². The summed E-state index contributed by atoms with van der Waals surface area (Å²) in [4.78, 5) is 12.9. The van der Waals surface area contributed by atoms with Crippen LogP contribution >= 0.6 is 0 Å². The Labute approximate surface area is 198 Å². The van der Waals surface area contributed by atoms with Gasteiger partial charge in [0.1, 0.15) is 22.8 Å². The highest BCUT2D eigenvalue weighted by Gasteiger charge is 2.35. The Balaban J connectivity index is 1.35. The molecule has 0 fully saturated rings. The minimum absolute atomic E-state index is 0.0939. The van der Waals surface area contributed by atoms with Crippen molar-refractivity contribution in [3.63, 3.8) is 0 Å². The molecule has 34 heavy (non-hydrogen) atoms. The van der Waals surface area contributed by atoms with Crippen molar-refractivity contribution in [2.24, 2.45) is 0 Å². The number of nitrogens with one attached hydrogen (secondary N) is 1. The first kappa shape index (κ1) is 22.2. The zero-order chi connectivity index (χ0) is 24.0. The smallest absolute Gasteiger partial charge is 0.268 e. The van der Waals surface area contributed by atoms with Crippen LogP contribution in [-0.4, -0.2) is 30.7 Å². The summed E-state index contributed by atoms with van der Waals surface area (Å²) in [5.41, 5.74) is 3.28. The molecule has 0 radical (unpaired) electrons. The van der Waals surface area contributed by atoms with E-state index in [-0.39, 0.29) is 23.4 Å². The number of aryl methyl sites for hydroxylation is 1. The van der Waals surface area contributed by atoms with Gasteiger partial charge in [-0.2, -0.15) is 5.10 Å². The van der Waals surface area contributed by atoms with Crippen LogP contribution in [0.5, 0.6) is 0 Å². The molecule has 1 atom stereocenters. The third kappa shape index (κ3) is 3.75. The van der Waals surface area contributed by atoms with Gasteiger partial charge in [0.15, 0.2) is 0 Å². The number of carbonyl (C=O) groups is 1. The van der Waals surface area contributed by atoms with E-state index in [0.717, 1.165) is 16.5 Å². The molecule has 176 valence electrons. The Morgan fingerprint density at radius 3 is 2.68 bits per heavy atom. The molecule has 5 rings (SSSR count). The van der Waals surface area contributed by atoms with Crippen molar-refractivity contribution in [3.8, 4) is 0 Å². The van der Waals surface area contributed by atoms with Crippen LogP contribution in [-0.2, 0) is 27.8 Å². The molecule has 8 nitrogen and oxygen atoms in total. The third-order valence-corrected chi connectivity index (χ3v) is 8.32. The zero-order valence-electron chi connectivity index (χ0n) is 19.3. The fraction of sp³-hybridized carbons (Fsp3) is 0.280. The van der Waals surface area contributed by atoms with Gasteiger partial charge in [-0.15, -0.1) is 0 Å². The van der Waals surface area contributed by atoms with E-state index >= 15 is 0 Å². The first-order valence-corrected chi connectivity index (χ1v) is 12.6. The Morgan fingerprint density at radius 2 is 1.88 bits per heavy atom. The summed E-state index contributed by atoms with van der Waals surface area (Å²) in [6, 6.07) is 16.7. The summed E-state index contributed by atoms with van der Waals surface area (Å²) in [5, 5.41) is 8.27. The lowest BCUT2D eigenvalue weighted by Crippen LogP contribution is -2.31. The Bertz CT molecular complexity index is 1470.